The maximum Gasteiger partial charge on any atom is 0.344 e. The molecule has 2 atom stereocenters. The number of nitriles is 1. The number of nitrogens with one attached hydrogen (secondary N) is 1. The van der Waals surface area contributed by atoms with Crippen molar-refractivity contribution in [2.45, 2.75) is 110 Å². The first-order valence-corrected chi connectivity index (χ1v) is 18.9. The first-order chi connectivity index (χ1) is 25.7. The number of aliphatic imine (C=N–C) groups is 1. The van der Waals surface area contributed by atoms with Crippen LogP contribution in [0.5, 0.6) is 5.75 Å². The van der Waals surface area contributed by atoms with Gasteiger partial charge in [0, 0.05) is 11.6 Å². The van der Waals surface area contributed by atoms with E-state index in [0.29, 0.717) is 12.8 Å². The third kappa shape index (κ3) is 6.15. The molecule has 1 aromatic carbocycles. The Kier molecular flexibility index (Phi) is 11.3. The van der Waals surface area contributed by atoms with Crippen LogP contribution in [0.3, 0.4) is 0 Å². The van der Waals surface area contributed by atoms with Crippen LogP contribution in [0.2, 0.25) is 0 Å². The Morgan fingerprint density at radius 1 is 0.811 bits per heavy atom. The molecule has 1 aromatic rings. The van der Waals surface area contributed by atoms with Gasteiger partial charge in [-0.3, -0.25) is 4.79 Å². The lowest BCUT2D eigenvalue weighted by molar-refractivity contribution is -0.170. The highest BCUT2D eigenvalue weighted by atomic mass is 16.6. The molecule has 13 nitrogen and oxygen atoms in total. The molecule has 2 heterocycles. The van der Waals surface area contributed by atoms with Gasteiger partial charge in [-0.1, -0.05) is 56.7 Å². The van der Waals surface area contributed by atoms with Crippen LogP contribution in [0.1, 0.15) is 97.5 Å². The zero-order chi connectivity index (χ0) is 37.8. The zero-order valence-electron chi connectivity index (χ0n) is 30.8. The zero-order valence-corrected chi connectivity index (χ0v) is 30.8. The smallest absolute Gasteiger partial charge is 0.344 e. The Balaban J connectivity index is 1.81. The minimum absolute atomic E-state index is 0.00949. The second-order valence-corrected chi connectivity index (χ2v) is 13.5. The first-order valence-electron chi connectivity index (χ1n) is 18.9. The van der Waals surface area contributed by atoms with Crippen LogP contribution in [0.25, 0.3) is 0 Å². The number of rotatable bonds is 11. The predicted octanol–water partition coefficient (Wildman–Crippen LogP) is 5.54. The summed E-state index contributed by atoms with van der Waals surface area (Å²) in [4.78, 5) is 63.8. The average Bonchev–Trinajstić information content (AvgIpc) is 3.64. The summed E-state index contributed by atoms with van der Waals surface area (Å²) in [6.07, 6.45) is 8.53. The first kappa shape index (κ1) is 37.6. The minimum atomic E-state index is -2.56. The predicted molar refractivity (Wildman–Crippen MR) is 190 cm³/mol. The topological polar surface area (TPSA) is 172 Å². The molecule has 53 heavy (non-hydrogen) atoms. The van der Waals surface area contributed by atoms with Crippen molar-refractivity contribution in [1.29, 1.82) is 5.26 Å². The largest absolute Gasteiger partial charge is 0.465 e. The van der Waals surface area contributed by atoms with Gasteiger partial charge < -0.3 is 33.7 Å². The molecule has 282 valence electrons. The van der Waals surface area contributed by atoms with Gasteiger partial charge >= 0.3 is 23.9 Å². The van der Waals surface area contributed by atoms with E-state index in [4.69, 9.17) is 33.4 Å². The number of esters is 4. The van der Waals surface area contributed by atoms with E-state index in [1.54, 1.807) is 52.0 Å². The van der Waals surface area contributed by atoms with Crippen LogP contribution in [0.15, 0.2) is 63.0 Å². The quantitative estimate of drug-likeness (QED) is 0.223. The third-order valence-corrected chi connectivity index (χ3v) is 10.5. The van der Waals surface area contributed by atoms with Crippen LogP contribution in [0.4, 0.5) is 0 Å². The summed E-state index contributed by atoms with van der Waals surface area (Å²) >= 11 is 0. The maximum absolute atomic E-state index is 15.3. The maximum atomic E-state index is 15.3. The summed E-state index contributed by atoms with van der Waals surface area (Å²) in [7, 11) is 0. The second-order valence-electron chi connectivity index (χ2n) is 13.5. The number of hydrogen-bond donors (Lipinski definition) is 1. The van der Waals surface area contributed by atoms with Crippen molar-refractivity contribution in [3.05, 3.63) is 63.6 Å². The number of carbonyl (C=O) groups is 4. The van der Waals surface area contributed by atoms with Crippen LogP contribution in [0, 0.1) is 16.7 Å². The number of benzene rings is 1. The summed E-state index contributed by atoms with van der Waals surface area (Å²) in [5.41, 5.74) is -6.15. The summed E-state index contributed by atoms with van der Waals surface area (Å²) in [5, 5.41) is 14.4. The summed E-state index contributed by atoms with van der Waals surface area (Å²) in [6, 6.07) is 8.25. The van der Waals surface area contributed by atoms with E-state index in [9.17, 15) is 19.6 Å². The molecule has 13 heteroatoms. The van der Waals surface area contributed by atoms with Crippen molar-refractivity contribution in [3.63, 3.8) is 0 Å². The Bertz CT molecular complexity index is 1820. The Morgan fingerprint density at radius 3 is 2.02 bits per heavy atom. The molecule has 1 N–H and O–H groups in total. The molecule has 3 aliphatic carbocycles. The number of allylic oxidation sites excluding steroid dienone is 1. The highest BCUT2D eigenvalue weighted by Gasteiger charge is 2.79. The van der Waals surface area contributed by atoms with Crippen LogP contribution in [-0.2, 0) is 48.5 Å². The Morgan fingerprint density at radius 2 is 1.40 bits per heavy atom. The molecule has 0 bridgehead atoms. The van der Waals surface area contributed by atoms with Crippen molar-refractivity contribution < 1.29 is 47.6 Å². The molecular weight excluding hydrogens is 682 g/mol. The van der Waals surface area contributed by atoms with Gasteiger partial charge in [-0.2, -0.15) is 5.26 Å². The average molecular weight is 730 g/mol. The van der Waals surface area contributed by atoms with E-state index in [-0.39, 0.29) is 83.9 Å². The van der Waals surface area contributed by atoms with Crippen molar-refractivity contribution >= 4 is 29.8 Å². The van der Waals surface area contributed by atoms with Crippen LogP contribution in [-0.4, -0.2) is 68.3 Å². The molecule has 0 unspecified atom stereocenters. The van der Waals surface area contributed by atoms with E-state index in [1.165, 1.54) is 0 Å². The van der Waals surface area contributed by atoms with E-state index in [0.717, 1.165) is 51.4 Å². The van der Waals surface area contributed by atoms with Crippen molar-refractivity contribution in [2.75, 3.05) is 26.4 Å². The number of ether oxygens (including phenoxy) is 6. The molecule has 6 rings (SSSR count). The monoisotopic (exact) mass is 729 g/mol. The highest BCUT2D eigenvalue weighted by Crippen LogP contribution is 2.68. The van der Waals surface area contributed by atoms with Crippen molar-refractivity contribution in [2.24, 2.45) is 10.4 Å². The fourth-order valence-electron chi connectivity index (χ4n) is 8.38. The van der Waals surface area contributed by atoms with E-state index in [1.807, 2.05) is 0 Å². The molecule has 0 aromatic heterocycles. The lowest BCUT2D eigenvalue weighted by Gasteiger charge is -2.48. The third-order valence-electron chi connectivity index (χ3n) is 10.5. The number of nitrogens with zero attached hydrogens (tertiary/aromatic N) is 2. The van der Waals surface area contributed by atoms with Gasteiger partial charge in [0.05, 0.1) is 43.7 Å². The number of para-hydroxylation sites is 1. The summed E-state index contributed by atoms with van der Waals surface area (Å²) < 4.78 is 36.4. The molecule has 5 aliphatic rings. The standard InChI is InChI=1S/C40H47N3O10/c1-5-48-35(44)29-30(36(45)49-6-2)40(53-34(29)43-25-19-13-10-14-20-25)27-21-15-16-22-28(27)52-33-26(23-41)32(42-24-17-11-9-12-18-24)31(37(46)50-7-3)39(33,40)38(47)51-8-4/h15-16,21-22,24-25,42H,5-14,17-20H2,1-4H3/t39-,40+/m1/s1. The molecule has 0 saturated heterocycles. The molecule has 2 saturated carbocycles. The summed E-state index contributed by atoms with van der Waals surface area (Å²) in [6.45, 7) is 6.00. The summed E-state index contributed by atoms with van der Waals surface area (Å²) in [5.74, 6) is -4.41. The van der Waals surface area contributed by atoms with Gasteiger partial charge in [0.2, 0.25) is 16.9 Å². The van der Waals surface area contributed by atoms with Gasteiger partial charge in [-0.05, 0) is 59.4 Å². The fraction of sp³-hybridized carbons (Fsp3) is 0.550. The Hall–Kier alpha value is -5.12. The molecule has 2 fully saturated rings. The SMILES string of the molecule is CCOC(=O)C1=C(C(=O)OCC)[C@@]2(OC1=NC1CCCCC1)c1ccccc1OC1=C(C#N)C(NC3CCCCC3)=C(C(=O)OCC)[C@]12C(=O)OCC. The lowest BCUT2D eigenvalue weighted by atomic mass is 9.59. The highest BCUT2D eigenvalue weighted by molar-refractivity contribution is 6.25. The van der Waals surface area contributed by atoms with Crippen LogP contribution < -0.4 is 10.1 Å². The fourth-order valence-corrected chi connectivity index (χ4v) is 8.38. The molecule has 0 amide bonds. The molecule has 2 aliphatic heterocycles. The van der Waals surface area contributed by atoms with Gasteiger partial charge in [-0.15, -0.1) is 0 Å². The van der Waals surface area contributed by atoms with Crippen molar-refractivity contribution in [3.8, 4) is 11.8 Å². The minimum Gasteiger partial charge on any atom is -0.465 e. The normalized spacial score (nSPS) is 24.9. The lowest BCUT2D eigenvalue weighted by Crippen LogP contribution is -2.60. The molecule has 0 radical (unpaired) electrons. The number of carbonyl (C=O) groups excluding carboxylic acids is 4. The van der Waals surface area contributed by atoms with Gasteiger partial charge in [0.1, 0.15) is 28.5 Å². The number of fused-ring (bicyclic) bond motifs is 4. The van der Waals surface area contributed by atoms with E-state index >= 15 is 4.79 Å². The van der Waals surface area contributed by atoms with E-state index < -0.39 is 40.5 Å². The van der Waals surface area contributed by atoms with Gasteiger partial charge in [0.15, 0.2) is 5.76 Å². The second kappa shape index (κ2) is 15.9. The van der Waals surface area contributed by atoms with Gasteiger partial charge in [-0.25, -0.2) is 19.4 Å². The molecule has 1 spiro atoms. The molecular formula is C40H47N3O10. The van der Waals surface area contributed by atoms with E-state index in [2.05, 4.69) is 11.4 Å². The van der Waals surface area contributed by atoms with Gasteiger partial charge in [0.25, 0.3) is 0 Å². The number of hydrogen-bond acceptors (Lipinski definition) is 13. The van der Waals surface area contributed by atoms with Crippen molar-refractivity contribution in [1.82, 2.24) is 5.32 Å². The van der Waals surface area contributed by atoms with Crippen LogP contribution >= 0.6 is 0 Å². The Labute approximate surface area is 309 Å².